The van der Waals surface area contributed by atoms with Crippen molar-refractivity contribution in [3.63, 3.8) is 0 Å². The third-order valence-electron chi connectivity index (χ3n) is 3.02. The Hall–Kier alpha value is -0.890. The number of methoxy groups -OCH3 is 1. The molecule has 0 aliphatic heterocycles. The van der Waals surface area contributed by atoms with Crippen molar-refractivity contribution >= 4 is 29.9 Å². The molecule has 0 saturated heterocycles. The molecule has 1 aromatic rings. The zero-order valence-corrected chi connectivity index (χ0v) is 16.0. The number of nitrogens with zero attached hydrogens (tertiary/aromatic N) is 2. The number of hydrogen-bond donors (Lipinski definition) is 2. The van der Waals surface area contributed by atoms with E-state index in [-0.39, 0.29) is 24.0 Å². The molecule has 0 fully saturated rings. The SMILES string of the molecule is CCNC(=NCCCCCOC)NCCc1ccccn1.I. The third-order valence-corrected chi connectivity index (χ3v) is 3.02. The summed E-state index contributed by atoms with van der Waals surface area (Å²) in [7, 11) is 1.74. The Balaban J connectivity index is 0.00000441. The Bertz CT molecular complexity index is 387. The first-order chi connectivity index (χ1) is 10.4. The topological polar surface area (TPSA) is 58.5 Å². The van der Waals surface area contributed by atoms with E-state index in [0.717, 1.165) is 63.6 Å². The van der Waals surface area contributed by atoms with Crippen LogP contribution in [0.4, 0.5) is 0 Å². The smallest absolute Gasteiger partial charge is 0.191 e. The summed E-state index contributed by atoms with van der Waals surface area (Å²) in [6, 6.07) is 6.00. The molecule has 0 spiro atoms. The Labute approximate surface area is 151 Å². The highest BCUT2D eigenvalue weighted by atomic mass is 127. The number of hydrogen-bond acceptors (Lipinski definition) is 3. The van der Waals surface area contributed by atoms with Crippen LogP contribution in [-0.4, -0.2) is 44.3 Å². The fraction of sp³-hybridized carbons (Fsp3) is 0.625. The van der Waals surface area contributed by atoms with Gasteiger partial charge < -0.3 is 15.4 Å². The normalized spacial score (nSPS) is 10.9. The van der Waals surface area contributed by atoms with Gasteiger partial charge in [0.05, 0.1) is 0 Å². The molecular weight excluding hydrogens is 391 g/mol. The fourth-order valence-electron chi connectivity index (χ4n) is 1.92. The Kier molecular flexibility index (Phi) is 14.4. The lowest BCUT2D eigenvalue weighted by atomic mass is 10.2. The molecule has 1 aromatic heterocycles. The van der Waals surface area contributed by atoms with Gasteiger partial charge in [-0.05, 0) is 38.3 Å². The average molecular weight is 420 g/mol. The first kappa shape index (κ1) is 21.1. The monoisotopic (exact) mass is 420 g/mol. The first-order valence-electron chi connectivity index (χ1n) is 7.78. The van der Waals surface area contributed by atoms with Crippen molar-refractivity contribution in [3.05, 3.63) is 30.1 Å². The summed E-state index contributed by atoms with van der Waals surface area (Å²) in [5.41, 5.74) is 1.10. The van der Waals surface area contributed by atoms with Gasteiger partial charge in [-0.15, -0.1) is 24.0 Å². The summed E-state index contributed by atoms with van der Waals surface area (Å²) in [5.74, 6) is 0.889. The van der Waals surface area contributed by atoms with Crippen LogP contribution in [0.15, 0.2) is 29.4 Å². The number of unbranched alkanes of at least 4 members (excludes halogenated alkanes) is 2. The van der Waals surface area contributed by atoms with Gasteiger partial charge in [-0.1, -0.05) is 6.07 Å². The standard InChI is InChI=1S/C16H28N4O.HI/c1-3-17-16(19-12-6-4-8-14-21-2)20-13-10-15-9-5-7-11-18-15;/h5,7,9,11H,3-4,6,8,10,12-14H2,1-2H3,(H2,17,19,20);1H. The van der Waals surface area contributed by atoms with Gasteiger partial charge in [-0.25, -0.2) is 0 Å². The molecule has 0 aliphatic carbocycles. The van der Waals surface area contributed by atoms with Crippen LogP contribution in [0.25, 0.3) is 0 Å². The molecule has 0 aliphatic rings. The second-order valence-corrected chi connectivity index (χ2v) is 4.81. The van der Waals surface area contributed by atoms with Crippen molar-refractivity contribution in [2.24, 2.45) is 4.99 Å². The number of pyridine rings is 1. The van der Waals surface area contributed by atoms with Crippen LogP contribution in [0, 0.1) is 0 Å². The minimum absolute atomic E-state index is 0. The molecule has 1 heterocycles. The number of aliphatic imine (C=N–C) groups is 1. The number of rotatable bonds is 10. The minimum atomic E-state index is 0. The van der Waals surface area contributed by atoms with Gasteiger partial charge in [-0.3, -0.25) is 9.98 Å². The lowest BCUT2D eigenvalue weighted by Gasteiger charge is -2.11. The molecular formula is C16H29IN4O. The highest BCUT2D eigenvalue weighted by Gasteiger charge is 1.98. The van der Waals surface area contributed by atoms with Crippen molar-refractivity contribution in [1.82, 2.24) is 15.6 Å². The van der Waals surface area contributed by atoms with E-state index in [0.29, 0.717) is 0 Å². The number of guanidine groups is 1. The molecule has 1 rings (SSSR count). The Morgan fingerprint density at radius 2 is 2.09 bits per heavy atom. The van der Waals surface area contributed by atoms with Gasteiger partial charge >= 0.3 is 0 Å². The number of ether oxygens (including phenoxy) is 1. The van der Waals surface area contributed by atoms with E-state index in [2.05, 4.69) is 27.5 Å². The lowest BCUT2D eigenvalue weighted by molar-refractivity contribution is 0.192. The maximum absolute atomic E-state index is 5.04. The molecule has 22 heavy (non-hydrogen) atoms. The van der Waals surface area contributed by atoms with E-state index in [9.17, 15) is 0 Å². The molecule has 0 bridgehead atoms. The van der Waals surface area contributed by atoms with Crippen molar-refractivity contribution in [3.8, 4) is 0 Å². The maximum atomic E-state index is 5.04. The highest BCUT2D eigenvalue weighted by molar-refractivity contribution is 14.0. The number of aromatic nitrogens is 1. The van der Waals surface area contributed by atoms with Gasteiger partial charge in [-0.2, -0.15) is 0 Å². The molecule has 5 nitrogen and oxygen atoms in total. The van der Waals surface area contributed by atoms with Crippen LogP contribution in [0.5, 0.6) is 0 Å². The molecule has 0 atom stereocenters. The van der Waals surface area contributed by atoms with Crippen molar-refractivity contribution in [2.45, 2.75) is 32.6 Å². The van der Waals surface area contributed by atoms with Gasteiger partial charge in [0.25, 0.3) is 0 Å². The molecule has 6 heteroatoms. The van der Waals surface area contributed by atoms with Crippen LogP contribution in [0.1, 0.15) is 31.9 Å². The molecule has 0 unspecified atom stereocenters. The minimum Gasteiger partial charge on any atom is -0.385 e. The van der Waals surface area contributed by atoms with Crippen LogP contribution >= 0.6 is 24.0 Å². The summed E-state index contributed by atoms with van der Waals surface area (Å²) in [4.78, 5) is 8.89. The molecule has 2 N–H and O–H groups in total. The number of halogens is 1. The van der Waals surface area contributed by atoms with Crippen molar-refractivity contribution in [2.75, 3.05) is 33.4 Å². The van der Waals surface area contributed by atoms with E-state index < -0.39 is 0 Å². The van der Waals surface area contributed by atoms with Gasteiger partial charge in [0, 0.05) is 51.7 Å². The molecule has 0 amide bonds. The first-order valence-corrected chi connectivity index (χ1v) is 7.78. The average Bonchev–Trinajstić information content (AvgIpc) is 2.51. The zero-order valence-electron chi connectivity index (χ0n) is 13.7. The van der Waals surface area contributed by atoms with Crippen LogP contribution in [0.2, 0.25) is 0 Å². The highest BCUT2D eigenvalue weighted by Crippen LogP contribution is 1.96. The Morgan fingerprint density at radius 1 is 1.23 bits per heavy atom. The van der Waals surface area contributed by atoms with Gasteiger partial charge in [0.2, 0.25) is 0 Å². The molecule has 0 radical (unpaired) electrons. The maximum Gasteiger partial charge on any atom is 0.191 e. The molecule has 0 aromatic carbocycles. The van der Waals surface area contributed by atoms with E-state index in [4.69, 9.17) is 4.74 Å². The van der Waals surface area contributed by atoms with Crippen LogP contribution in [0.3, 0.4) is 0 Å². The van der Waals surface area contributed by atoms with Gasteiger partial charge in [0.15, 0.2) is 5.96 Å². The Morgan fingerprint density at radius 3 is 2.77 bits per heavy atom. The summed E-state index contributed by atoms with van der Waals surface area (Å²) in [5, 5.41) is 6.61. The quantitative estimate of drug-likeness (QED) is 0.265. The second-order valence-electron chi connectivity index (χ2n) is 4.81. The third kappa shape index (κ3) is 10.8. The van der Waals surface area contributed by atoms with E-state index >= 15 is 0 Å². The molecule has 126 valence electrons. The predicted molar refractivity (Wildman–Crippen MR) is 103 cm³/mol. The van der Waals surface area contributed by atoms with Crippen molar-refractivity contribution in [1.29, 1.82) is 0 Å². The summed E-state index contributed by atoms with van der Waals surface area (Å²) in [6.07, 6.45) is 6.09. The van der Waals surface area contributed by atoms with Gasteiger partial charge in [0.1, 0.15) is 0 Å². The second kappa shape index (κ2) is 15.0. The van der Waals surface area contributed by atoms with E-state index in [1.54, 1.807) is 7.11 Å². The summed E-state index contributed by atoms with van der Waals surface area (Å²) >= 11 is 0. The van der Waals surface area contributed by atoms with Crippen LogP contribution in [-0.2, 0) is 11.2 Å². The summed E-state index contributed by atoms with van der Waals surface area (Å²) < 4.78 is 5.04. The number of nitrogens with one attached hydrogen (secondary N) is 2. The van der Waals surface area contributed by atoms with E-state index in [1.807, 2.05) is 24.4 Å². The lowest BCUT2D eigenvalue weighted by Crippen LogP contribution is -2.38. The van der Waals surface area contributed by atoms with Crippen LogP contribution < -0.4 is 10.6 Å². The fourth-order valence-corrected chi connectivity index (χ4v) is 1.92. The summed E-state index contributed by atoms with van der Waals surface area (Å²) in [6.45, 7) is 5.48. The predicted octanol–water partition coefficient (Wildman–Crippen LogP) is 2.61. The largest absolute Gasteiger partial charge is 0.385 e. The van der Waals surface area contributed by atoms with E-state index in [1.165, 1.54) is 0 Å². The molecule has 0 saturated carbocycles. The zero-order chi connectivity index (χ0) is 15.2. The van der Waals surface area contributed by atoms with Crippen molar-refractivity contribution < 1.29 is 4.74 Å².